The van der Waals surface area contributed by atoms with E-state index in [0.717, 1.165) is 24.4 Å². The van der Waals surface area contributed by atoms with Crippen LogP contribution in [0.25, 0.3) is 0 Å². The van der Waals surface area contributed by atoms with Gasteiger partial charge in [-0.25, -0.2) is 0 Å². The number of nitrogens with zero attached hydrogens (tertiary/aromatic N) is 3. The van der Waals surface area contributed by atoms with Crippen molar-refractivity contribution in [2.45, 2.75) is 63.9 Å². The fraction of sp³-hybridized carbons (Fsp3) is 0.476. The Balaban J connectivity index is 1.59. The van der Waals surface area contributed by atoms with Gasteiger partial charge in [0.15, 0.2) is 11.0 Å². The highest BCUT2D eigenvalue weighted by atomic mass is 32.2. The molecular formula is C21H28N4O2S. The molecular weight excluding hydrogens is 372 g/mol. The first-order valence-electron chi connectivity index (χ1n) is 9.72. The van der Waals surface area contributed by atoms with Crippen LogP contribution in [0.3, 0.4) is 0 Å². The lowest BCUT2D eigenvalue weighted by Gasteiger charge is -2.12. The van der Waals surface area contributed by atoms with Gasteiger partial charge in [-0.15, -0.1) is 16.8 Å². The number of benzene rings is 1. The number of rotatable bonds is 9. The second-order valence-corrected chi connectivity index (χ2v) is 8.11. The van der Waals surface area contributed by atoms with Gasteiger partial charge in [-0.2, -0.15) is 0 Å². The third kappa shape index (κ3) is 5.38. The van der Waals surface area contributed by atoms with Crippen molar-refractivity contribution in [3.8, 4) is 5.75 Å². The quantitative estimate of drug-likeness (QED) is 0.512. The van der Waals surface area contributed by atoms with Crippen LogP contribution in [0.5, 0.6) is 5.75 Å². The van der Waals surface area contributed by atoms with Crippen molar-refractivity contribution >= 4 is 17.7 Å². The SMILES string of the molecule is C=CCn1c(COc2ccc(C)c(C)c2)nnc1SCC(=O)NC1CCCC1. The number of ether oxygens (including phenoxy) is 1. The lowest BCUT2D eigenvalue weighted by atomic mass is 10.1. The van der Waals surface area contributed by atoms with Gasteiger partial charge in [0.05, 0.1) is 5.75 Å². The van der Waals surface area contributed by atoms with E-state index < -0.39 is 0 Å². The Morgan fingerprint density at radius 1 is 1.32 bits per heavy atom. The Labute approximate surface area is 170 Å². The van der Waals surface area contributed by atoms with Gasteiger partial charge in [-0.1, -0.05) is 36.7 Å². The van der Waals surface area contributed by atoms with Crippen molar-refractivity contribution in [2.24, 2.45) is 0 Å². The van der Waals surface area contributed by atoms with E-state index >= 15 is 0 Å². The van der Waals surface area contributed by atoms with Crippen LogP contribution in [-0.2, 0) is 17.9 Å². The predicted octanol–water partition coefficient (Wildman–Crippen LogP) is 3.81. The number of amides is 1. The molecule has 0 saturated heterocycles. The average Bonchev–Trinajstić information content (AvgIpc) is 3.31. The van der Waals surface area contributed by atoms with Crippen molar-refractivity contribution < 1.29 is 9.53 Å². The summed E-state index contributed by atoms with van der Waals surface area (Å²) in [5.41, 5.74) is 2.42. The third-order valence-corrected chi connectivity index (χ3v) is 5.97. The Morgan fingerprint density at radius 2 is 2.11 bits per heavy atom. The molecule has 1 heterocycles. The highest BCUT2D eigenvalue weighted by Gasteiger charge is 2.18. The van der Waals surface area contributed by atoms with Crippen LogP contribution in [0.2, 0.25) is 0 Å². The number of hydrogen-bond acceptors (Lipinski definition) is 5. The van der Waals surface area contributed by atoms with E-state index in [2.05, 4.69) is 35.9 Å². The normalized spacial score (nSPS) is 14.2. The summed E-state index contributed by atoms with van der Waals surface area (Å²) in [4.78, 5) is 12.2. The van der Waals surface area contributed by atoms with Gasteiger partial charge < -0.3 is 10.1 Å². The highest BCUT2D eigenvalue weighted by Crippen LogP contribution is 2.21. The molecule has 1 amide bonds. The number of allylic oxidation sites excluding steroid dienone is 1. The summed E-state index contributed by atoms with van der Waals surface area (Å²) in [7, 11) is 0. The number of nitrogens with one attached hydrogen (secondary N) is 1. The smallest absolute Gasteiger partial charge is 0.230 e. The minimum Gasteiger partial charge on any atom is -0.486 e. The summed E-state index contributed by atoms with van der Waals surface area (Å²) in [5.74, 6) is 1.92. The van der Waals surface area contributed by atoms with Crippen molar-refractivity contribution in [1.29, 1.82) is 0 Å². The first kappa shape index (κ1) is 20.5. The Hall–Kier alpha value is -2.28. The van der Waals surface area contributed by atoms with Gasteiger partial charge in [0, 0.05) is 12.6 Å². The van der Waals surface area contributed by atoms with Crippen LogP contribution in [0.4, 0.5) is 0 Å². The molecule has 1 aromatic heterocycles. The van der Waals surface area contributed by atoms with E-state index in [4.69, 9.17) is 4.74 Å². The lowest BCUT2D eigenvalue weighted by Crippen LogP contribution is -2.33. The molecule has 150 valence electrons. The minimum atomic E-state index is 0.0537. The number of hydrogen-bond donors (Lipinski definition) is 1. The molecule has 1 aromatic carbocycles. The number of aromatic nitrogens is 3. The second-order valence-electron chi connectivity index (χ2n) is 7.17. The summed E-state index contributed by atoms with van der Waals surface area (Å²) >= 11 is 1.40. The zero-order chi connectivity index (χ0) is 19.9. The van der Waals surface area contributed by atoms with E-state index in [1.807, 2.05) is 22.8 Å². The molecule has 0 aliphatic heterocycles. The number of thioether (sulfide) groups is 1. The third-order valence-electron chi connectivity index (χ3n) is 5.00. The van der Waals surface area contributed by atoms with Crippen molar-refractivity contribution in [3.05, 3.63) is 47.8 Å². The highest BCUT2D eigenvalue weighted by molar-refractivity contribution is 7.99. The van der Waals surface area contributed by atoms with Crippen LogP contribution >= 0.6 is 11.8 Å². The molecule has 0 radical (unpaired) electrons. The molecule has 3 rings (SSSR count). The lowest BCUT2D eigenvalue weighted by molar-refractivity contribution is -0.119. The summed E-state index contributed by atoms with van der Waals surface area (Å²) in [5, 5.41) is 12.3. The Kier molecular flexibility index (Phi) is 7.14. The van der Waals surface area contributed by atoms with Gasteiger partial charge in [-0.05, 0) is 49.9 Å². The van der Waals surface area contributed by atoms with Crippen molar-refractivity contribution in [3.63, 3.8) is 0 Å². The van der Waals surface area contributed by atoms with E-state index in [-0.39, 0.29) is 5.91 Å². The van der Waals surface area contributed by atoms with Crippen LogP contribution in [0, 0.1) is 13.8 Å². The fourth-order valence-electron chi connectivity index (χ4n) is 3.27. The van der Waals surface area contributed by atoms with Crippen LogP contribution in [0.1, 0.15) is 42.6 Å². The molecule has 1 saturated carbocycles. The van der Waals surface area contributed by atoms with Crippen molar-refractivity contribution in [1.82, 2.24) is 20.1 Å². The van der Waals surface area contributed by atoms with E-state index in [0.29, 0.717) is 30.1 Å². The fourth-order valence-corrected chi connectivity index (χ4v) is 4.04. The molecule has 28 heavy (non-hydrogen) atoms. The summed E-state index contributed by atoms with van der Waals surface area (Å²) in [6, 6.07) is 6.36. The molecule has 0 spiro atoms. The first-order chi connectivity index (χ1) is 13.6. The zero-order valence-electron chi connectivity index (χ0n) is 16.6. The number of carbonyl (C=O) groups excluding carboxylic acids is 1. The molecule has 6 nitrogen and oxygen atoms in total. The largest absolute Gasteiger partial charge is 0.486 e. The standard InChI is InChI=1S/C21H28N4O2S/c1-4-11-25-19(13-27-18-10-9-15(2)16(3)12-18)23-24-21(25)28-14-20(26)22-17-7-5-6-8-17/h4,9-10,12,17H,1,5-8,11,13-14H2,2-3H3,(H,22,26). The molecule has 1 fully saturated rings. The second kappa shape index (κ2) is 9.78. The summed E-state index contributed by atoms with van der Waals surface area (Å²) in [6.45, 7) is 8.85. The van der Waals surface area contributed by atoms with E-state index in [1.54, 1.807) is 6.08 Å². The number of aryl methyl sites for hydroxylation is 2. The maximum absolute atomic E-state index is 12.2. The first-order valence-corrected chi connectivity index (χ1v) is 10.7. The molecule has 1 N–H and O–H groups in total. The molecule has 1 aliphatic carbocycles. The molecule has 0 unspecified atom stereocenters. The summed E-state index contributed by atoms with van der Waals surface area (Å²) in [6.07, 6.45) is 6.38. The average molecular weight is 401 g/mol. The summed E-state index contributed by atoms with van der Waals surface area (Å²) < 4.78 is 7.84. The Morgan fingerprint density at radius 3 is 2.82 bits per heavy atom. The van der Waals surface area contributed by atoms with Gasteiger partial charge in [0.1, 0.15) is 12.4 Å². The van der Waals surface area contributed by atoms with Crippen LogP contribution in [-0.4, -0.2) is 32.5 Å². The van der Waals surface area contributed by atoms with Crippen LogP contribution in [0.15, 0.2) is 36.0 Å². The van der Waals surface area contributed by atoms with Gasteiger partial charge in [-0.3, -0.25) is 9.36 Å². The Bertz CT molecular complexity index is 828. The maximum Gasteiger partial charge on any atom is 0.230 e. The van der Waals surface area contributed by atoms with Gasteiger partial charge in [0.2, 0.25) is 5.91 Å². The maximum atomic E-state index is 12.2. The van der Waals surface area contributed by atoms with Gasteiger partial charge in [0.25, 0.3) is 0 Å². The minimum absolute atomic E-state index is 0.0537. The topological polar surface area (TPSA) is 69.0 Å². The van der Waals surface area contributed by atoms with Crippen LogP contribution < -0.4 is 10.1 Å². The zero-order valence-corrected chi connectivity index (χ0v) is 17.4. The monoisotopic (exact) mass is 400 g/mol. The molecule has 0 bridgehead atoms. The molecule has 0 atom stereocenters. The van der Waals surface area contributed by atoms with Crippen molar-refractivity contribution in [2.75, 3.05) is 5.75 Å². The molecule has 2 aromatic rings. The molecule has 7 heteroatoms. The van der Waals surface area contributed by atoms with Gasteiger partial charge >= 0.3 is 0 Å². The van der Waals surface area contributed by atoms with E-state index in [9.17, 15) is 4.79 Å². The molecule has 1 aliphatic rings. The number of carbonyl (C=O) groups is 1. The van der Waals surface area contributed by atoms with E-state index in [1.165, 1.54) is 35.7 Å². The predicted molar refractivity (Wildman–Crippen MR) is 112 cm³/mol.